The van der Waals surface area contributed by atoms with Crippen LogP contribution in [0.1, 0.15) is 17.3 Å². The van der Waals surface area contributed by atoms with Crippen molar-refractivity contribution >= 4 is 49.1 Å². The minimum atomic E-state index is -0.349. The average Bonchev–Trinajstić information content (AvgIpc) is 3.41. The number of thiazole rings is 1. The third kappa shape index (κ3) is 4.12. The molecule has 6 nitrogen and oxygen atoms in total. The molecule has 31 heavy (non-hydrogen) atoms. The highest BCUT2D eigenvalue weighted by Gasteiger charge is 2.14. The summed E-state index contributed by atoms with van der Waals surface area (Å²) in [6, 6.07) is 17.6. The van der Waals surface area contributed by atoms with Gasteiger partial charge in [0.2, 0.25) is 0 Å². The van der Waals surface area contributed by atoms with E-state index in [1.165, 1.54) is 11.3 Å². The van der Waals surface area contributed by atoms with Crippen LogP contribution in [0.3, 0.4) is 0 Å². The zero-order valence-electron chi connectivity index (χ0n) is 16.3. The van der Waals surface area contributed by atoms with E-state index in [0.29, 0.717) is 22.5 Å². The molecule has 0 saturated carbocycles. The maximum Gasteiger partial charge on any atom is 0.306 e. The van der Waals surface area contributed by atoms with Gasteiger partial charge in [0.15, 0.2) is 0 Å². The molecule has 0 aliphatic rings. The summed E-state index contributed by atoms with van der Waals surface area (Å²) < 4.78 is 6.43. The zero-order valence-corrected chi connectivity index (χ0v) is 18.0. The van der Waals surface area contributed by atoms with Gasteiger partial charge >= 0.3 is 5.97 Å². The first-order chi connectivity index (χ1) is 15.2. The van der Waals surface area contributed by atoms with Gasteiger partial charge in [0.05, 0.1) is 27.0 Å². The molecule has 0 radical (unpaired) electrons. The second kappa shape index (κ2) is 8.41. The summed E-state index contributed by atoms with van der Waals surface area (Å²) in [6.45, 7) is -0.0670. The van der Waals surface area contributed by atoms with Crippen molar-refractivity contribution in [2.75, 3.05) is 0 Å². The molecule has 3 aromatic heterocycles. The number of thiophene rings is 1. The first kappa shape index (κ1) is 19.6. The predicted molar refractivity (Wildman–Crippen MR) is 123 cm³/mol. The maximum absolute atomic E-state index is 12.7. The van der Waals surface area contributed by atoms with Gasteiger partial charge in [-0.05, 0) is 17.7 Å². The molecule has 0 saturated heterocycles. The Hall–Kier alpha value is -3.36. The molecular formula is C23H17N3O3S2. The van der Waals surface area contributed by atoms with Gasteiger partial charge in [0, 0.05) is 17.4 Å². The summed E-state index contributed by atoms with van der Waals surface area (Å²) in [5.41, 5.74) is 2.53. The van der Waals surface area contributed by atoms with Gasteiger partial charge in [-0.3, -0.25) is 9.59 Å². The first-order valence-corrected chi connectivity index (χ1v) is 11.4. The van der Waals surface area contributed by atoms with Crippen LogP contribution in [0.2, 0.25) is 0 Å². The molecule has 3 heterocycles. The summed E-state index contributed by atoms with van der Waals surface area (Å²) in [5.74, 6) is -0.00884. The molecule has 1 N–H and O–H groups in total. The van der Waals surface area contributed by atoms with Gasteiger partial charge in [0.1, 0.15) is 17.3 Å². The number of hydrogen-bond acceptors (Lipinski definition) is 7. The number of carbonyl (C=O) groups is 1. The van der Waals surface area contributed by atoms with E-state index in [-0.39, 0.29) is 24.6 Å². The molecule has 0 unspecified atom stereocenters. The minimum Gasteiger partial charge on any atom is -0.458 e. The van der Waals surface area contributed by atoms with E-state index in [0.717, 1.165) is 26.4 Å². The van der Waals surface area contributed by atoms with Crippen molar-refractivity contribution in [2.45, 2.75) is 19.4 Å². The number of nitrogens with one attached hydrogen (secondary N) is 1. The molecule has 0 aliphatic carbocycles. The number of aromatic amines is 1. The Kier molecular flexibility index (Phi) is 5.31. The standard InChI is InChI=1S/C23H17N3O3S2/c27-20(11-10-19-24-16-8-4-5-9-17(16)31-19)29-12-18-25-22(28)21-15(13-30-23(21)26-18)14-6-2-1-3-7-14/h1-9,13H,10-12H2,(H,25,26,28). The SMILES string of the molecule is O=C(CCc1nc2ccccc2s1)OCc1nc2scc(-c3ccccc3)c2c(=O)[nH]1. The van der Waals surface area contributed by atoms with Gasteiger partial charge in [-0.15, -0.1) is 22.7 Å². The van der Waals surface area contributed by atoms with Crippen LogP contribution in [0.5, 0.6) is 0 Å². The number of H-pyrrole nitrogens is 1. The summed E-state index contributed by atoms with van der Waals surface area (Å²) >= 11 is 2.98. The second-order valence-corrected chi connectivity index (χ2v) is 8.92. The number of nitrogens with zero attached hydrogens (tertiary/aromatic N) is 2. The Balaban J connectivity index is 1.25. The molecule has 0 fully saturated rings. The van der Waals surface area contributed by atoms with Gasteiger partial charge in [-0.1, -0.05) is 42.5 Å². The van der Waals surface area contributed by atoms with E-state index in [9.17, 15) is 9.59 Å². The van der Waals surface area contributed by atoms with Gasteiger partial charge < -0.3 is 9.72 Å². The van der Waals surface area contributed by atoms with E-state index in [4.69, 9.17) is 4.74 Å². The van der Waals surface area contributed by atoms with E-state index in [2.05, 4.69) is 15.0 Å². The Morgan fingerprint density at radius 3 is 2.68 bits per heavy atom. The number of hydrogen-bond donors (Lipinski definition) is 1. The molecule has 5 aromatic rings. The lowest BCUT2D eigenvalue weighted by Gasteiger charge is -2.04. The van der Waals surface area contributed by atoms with Crippen molar-refractivity contribution < 1.29 is 9.53 Å². The van der Waals surface area contributed by atoms with Crippen LogP contribution in [-0.4, -0.2) is 20.9 Å². The Morgan fingerprint density at radius 2 is 1.84 bits per heavy atom. The predicted octanol–water partition coefficient (Wildman–Crippen LogP) is 4.94. The number of carbonyl (C=O) groups excluding carboxylic acids is 1. The van der Waals surface area contributed by atoms with Crippen molar-refractivity contribution in [3.63, 3.8) is 0 Å². The summed E-state index contributed by atoms with van der Waals surface area (Å²) in [6.07, 6.45) is 0.746. The van der Waals surface area contributed by atoms with E-state index >= 15 is 0 Å². The van der Waals surface area contributed by atoms with Crippen LogP contribution < -0.4 is 5.56 Å². The molecule has 154 valence electrons. The fraction of sp³-hybridized carbons (Fsp3) is 0.130. The number of para-hydroxylation sites is 1. The highest BCUT2D eigenvalue weighted by atomic mass is 32.1. The summed E-state index contributed by atoms with van der Waals surface area (Å²) in [7, 11) is 0. The lowest BCUT2D eigenvalue weighted by Crippen LogP contribution is -2.14. The van der Waals surface area contributed by atoms with Crippen molar-refractivity contribution in [3.8, 4) is 11.1 Å². The molecule has 8 heteroatoms. The molecule has 0 aliphatic heterocycles. The van der Waals surface area contributed by atoms with Crippen LogP contribution in [0.25, 0.3) is 31.6 Å². The number of esters is 1. The summed E-state index contributed by atoms with van der Waals surface area (Å²) in [4.78, 5) is 37.2. The maximum atomic E-state index is 12.7. The van der Waals surface area contributed by atoms with Gasteiger partial charge in [0.25, 0.3) is 5.56 Å². The average molecular weight is 448 g/mol. The highest BCUT2D eigenvalue weighted by molar-refractivity contribution is 7.18. The number of aromatic nitrogens is 3. The molecule has 0 bridgehead atoms. The third-order valence-electron chi connectivity index (χ3n) is 4.83. The van der Waals surface area contributed by atoms with E-state index in [1.807, 2.05) is 60.0 Å². The van der Waals surface area contributed by atoms with E-state index in [1.54, 1.807) is 11.3 Å². The topological polar surface area (TPSA) is 84.9 Å². The van der Waals surface area contributed by atoms with Crippen molar-refractivity contribution in [3.05, 3.63) is 81.2 Å². The number of ether oxygens (including phenoxy) is 1. The van der Waals surface area contributed by atoms with Crippen molar-refractivity contribution in [2.24, 2.45) is 0 Å². The van der Waals surface area contributed by atoms with Gasteiger partial charge in [-0.25, -0.2) is 9.97 Å². The van der Waals surface area contributed by atoms with Crippen LogP contribution in [0.4, 0.5) is 0 Å². The quantitative estimate of drug-likeness (QED) is 0.373. The number of aryl methyl sites for hydroxylation is 1. The normalized spacial score (nSPS) is 11.2. The molecule has 0 atom stereocenters. The smallest absolute Gasteiger partial charge is 0.306 e. The third-order valence-corrected chi connectivity index (χ3v) is 6.80. The molecule has 5 rings (SSSR count). The Bertz CT molecular complexity index is 1400. The Morgan fingerprint density at radius 1 is 1.03 bits per heavy atom. The molecular weight excluding hydrogens is 430 g/mol. The lowest BCUT2D eigenvalue weighted by atomic mass is 10.1. The Labute approximate surface area is 185 Å². The molecule has 2 aromatic carbocycles. The fourth-order valence-corrected chi connectivity index (χ4v) is 5.28. The largest absolute Gasteiger partial charge is 0.458 e. The number of fused-ring (bicyclic) bond motifs is 2. The first-order valence-electron chi connectivity index (χ1n) is 9.73. The van der Waals surface area contributed by atoms with Crippen LogP contribution in [0.15, 0.2) is 64.8 Å². The second-order valence-electron chi connectivity index (χ2n) is 6.94. The summed E-state index contributed by atoms with van der Waals surface area (Å²) in [5, 5.41) is 3.39. The van der Waals surface area contributed by atoms with Crippen LogP contribution in [0, 0.1) is 0 Å². The molecule has 0 amide bonds. The number of rotatable bonds is 6. The molecule has 0 spiro atoms. The lowest BCUT2D eigenvalue weighted by molar-refractivity contribution is -0.145. The monoisotopic (exact) mass is 447 g/mol. The van der Waals surface area contributed by atoms with Gasteiger partial charge in [-0.2, -0.15) is 0 Å². The minimum absolute atomic E-state index is 0.0670. The van der Waals surface area contributed by atoms with Crippen LogP contribution in [-0.2, 0) is 22.6 Å². The number of benzene rings is 2. The van der Waals surface area contributed by atoms with Crippen molar-refractivity contribution in [1.29, 1.82) is 0 Å². The fourth-order valence-electron chi connectivity index (χ4n) is 3.35. The van der Waals surface area contributed by atoms with Crippen molar-refractivity contribution in [1.82, 2.24) is 15.0 Å². The van der Waals surface area contributed by atoms with Crippen LogP contribution >= 0.6 is 22.7 Å². The highest BCUT2D eigenvalue weighted by Crippen LogP contribution is 2.30. The van der Waals surface area contributed by atoms with E-state index < -0.39 is 0 Å². The zero-order chi connectivity index (χ0) is 21.2.